The van der Waals surface area contributed by atoms with Crippen LogP contribution in [0.4, 0.5) is 5.82 Å². The van der Waals surface area contributed by atoms with Crippen LogP contribution in [-0.2, 0) is 16.1 Å². The van der Waals surface area contributed by atoms with E-state index in [0.717, 1.165) is 0 Å². The molecule has 0 spiro atoms. The lowest BCUT2D eigenvalue weighted by Gasteiger charge is -2.05. The van der Waals surface area contributed by atoms with Crippen LogP contribution in [-0.4, -0.2) is 38.9 Å². The quantitative estimate of drug-likeness (QED) is 0.790. The second-order valence-electron chi connectivity index (χ2n) is 4.10. The topological polar surface area (TPSA) is 105 Å². The van der Waals surface area contributed by atoms with Gasteiger partial charge in [-0.2, -0.15) is 5.10 Å². The minimum absolute atomic E-state index is 0.264. The molecule has 0 atom stereocenters. The molecule has 112 valence electrons. The van der Waals surface area contributed by atoms with Crippen LogP contribution in [0.25, 0.3) is 5.82 Å². The van der Waals surface area contributed by atoms with E-state index in [-0.39, 0.29) is 6.61 Å². The summed E-state index contributed by atoms with van der Waals surface area (Å²) in [5.74, 6) is 0.802. The fourth-order valence-corrected chi connectivity index (χ4v) is 1.65. The summed E-state index contributed by atoms with van der Waals surface area (Å²) >= 11 is 0. The van der Waals surface area contributed by atoms with E-state index in [1.807, 2.05) is 6.92 Å². The highest BCUT2D eigenvalue weighted by molar-refractivity contribution is 5.88. The number of nitrogens with two attached hydrogens (primary N) is 1. The monoisotopic (exact) mass is 291 g/mol. The minimum atomic E-state index is -0.430. The van der Waals surface area contributed by atoms with Gasteiger partial charge in [-0.25, -0.2) is 19.4 Å². The lowest BCUT2D eigenvalue weighted by atomic mass is 10.4. The Morgan fingerprint density at radius 3 is 2.86 bits per heavy atom. The smallest absolute Gasteiger partial charge is 0.341 e. The lowest BCUT2D eigenvalue weighted by Crippen LogP contribution is -2.08. The summed E-state index contributed by atoms with van der Waals surface area (Å²) in [7, 11) is 0. The number of ether oxygens (including phenoxy) is 2. The van der Waals surface area contributed by atoms with Crippen LogP contribution >= 0.6 is 0 Å². The molecule has 8 nitrogen and oxygen atoms in total. The average molecular weight is 291 g/mol. The Labute approximate surface area is 121 Å². The van der Waals surface area contributed by atoms with Crippen molar-refractivity contribution in [2.24, 2.45) is 0 Å². The zero-order valence-corrected chi connectivity index (χ0v) is 11.9. The molecule has 0 aromatic carbocycles. The maximum Gasteiger partial charge on any atom is 0.341 e. The van der Waals surface area contributed by atoms with Crippen LogP contribution in [0.2, 0.25) is 0 Å². The molecule has 2 N–H and O–H groups in total. The first-order valence-corrected chi connectivity index (χ1v) is 6.57. The van der Waals surface area contributed by atoms with Crippen LogP contribution in [0.3, 0.4) is 0 Å². The molecule has 0 aliphatic heterocycles. The van der Waals surface area contributed by atoms with Crippen LogP contribution in [0.1, 0.15) is 30.0 Å². The van der Waals surface area contributed by atoms with Gasteiger partial charge in [0.15, 0.2) is 11.6 Å². The highest BCUT2D eigenvalue weighted by atomic mass is 16.5. The van der Waals surface area contributed by atoms with E-state index in [2.05, 4.69) is 15.1 Å². The largest absolute Gasteiger partial charge is 0.462 e. The number of esters is 1. The van der Waals surface area contributed by atoms with E-state index < -0.39 is 5.97 Å². The Balaban J connectivity index is 2.25. The van der Waals surface area contributed by atoms with Crippen LogP contribution in [0, 0.1) is 0 Å². The number of nitrogens with zero attached hydrogens (tertiary/aromatic N) is 4. The maximum atomic E-state index is 11.6. The van der Waals surface area contributed by atoms with Gasteiger partial charge >= 0.3 is 5.97 Å². The van der Waals surface area contributed by atoms with Crippen molar-refractivity contribution in [1.82, 2.24) is 19.7 Å². The Kier molecular flexibility index (Phi) is 4.83. The van der Waals surface area contributed by atoms with E-state index in [9.17, 15) is 4.79 Å². The Bertz CT molecular complexity index is 626. The van der Waals surface area contributed by atoms with Gasteiger partial charge in [0.1, 0.15) is 12.4 Å². The van der Waals surface area contributed by atoms with Gasteiger partial charge in [0, 0.05) is 18.9 Å². The van der Waals surface area contributed by atoms with Crippen molar-refractivity contribution in [3.63, 3.8) is 0 Å². The summed E-state index contributed by atoms with van der Waals surface area (Å²) in [6.45, 7) is 4.76. The van der Waals surface area contributed by atoms with Crippen LogP contribution in [0.5, 0.6) is 0 Å². The zero-order chi connectivity index (χ0) is 15.2. The van der Waals surface area contributed by atoms with Crippen LogP contribution in [0.15, 0.2) is 18.5 Å². The number of aromatic nitrogens is 4. The summed E-state index contributed by atoms with van der Waals surface area (Å²) in [6, 6.07) is 1.57. The van der Waals surface area contributed by atoms with Gasteiger partial charge in [0.2, 0.25) is 0 Å². The molecule has 0 radical (unpaired) electrons. The molecule has 0 saturated carbocycles. The molecular weight excluding hydrogens is 274 g/mol. The van der Waals surface area contributed by atoms with Gasteiger partial charge in [-0.3, -0.25) is 0 Å². The summed E-state index contributed by atoms with van der Waals surface area (Å²) in [6.07, 6.45) is 2.95. The van der Waals surface area contributed by atoms with Gasteiger partial charge in [-0.1, -0.05) is 0 Å². The summed E-state index contributed by atoms with van der Waals surface area (Å²) in [5.41, 5.74) is 6.09. The number of anilines is 1. The van der Waals surface area contributed by atoms with E-state index in [1.54, 1.807) is 13.0 Å². The van der Waals surface area contributed by atoms with Crippen molar-refractivity contribution in [2.45, 2.75) is 20.5 Å². The number of rotatable bonds is 6. The van der Waals surface area contributed by atoms with E-state index in [4.69, 9.17) is 15.2 Å². The fourth-order valence-electron chi connectivity index (χ4n) is 1.65. The number of hydrogen-bond acceptors (Lipinski definition) is 7. The van der Waals surface area contributed by atoms with Crippen molar-refractivity contribution >= 4 is 11.8 Å². The van der Waals surface area contributed by atoms with Crippen molar-refractivity contribution < 1.29 is 14.3 Å². The molecule has 0 unspecified atom stereocenters. The Hall–Kier alpha value is -2.48. The van der Waals surface area contributed by atoms with Crippen molar-refractivity contribution in [3.8, 4) is 5.82 Å². The van der Waals surface area contributed by atoms with Crippen molar-refractivity contribution in [1.29, 1.82) is 0 Å². The molecule has 8 heteroatoms. The number of nitrogen functional groups attached to an aromatic ring is 1. The molecule has 2 aromatic rings. The molecule has 0 amide bonds. The number of carbonyl (C=O) groups excluding carboxylic acids is 1. The molecule has 0 fully saturated rings. The molecule has 0 aliphatic rings. The second kappa shape index (κ2) is 6.80. The molecule has 21 heavy (non-hydrogen) atoms. The first kappa shape index (κ1) is 14.9. The Morgan fingerprint density at radius 1 is 1.33 bits per heavy atom. The molecule has 0 saturated heterocycles. The molecule has 0 aliphatic carbocycles. The first-order valence-electron chi connectivity index (χ1n) is 6.57. The standard InChI is InChI=1S/C13H17N5O3/c1-3-20-8-11-16-10(14)5-12(17-11)18-7-9(6-15-18)13(19)21-4-2/h5-7H,3-4,8H2,1-2H3,(H2,14,16,17). The number of carbonyl (C=O) groups is 1. The van der Waals surface area contributed by atoms with Gasteiger partial charge in [-0.05, 0) is 13.8 Å². The predicted octanol–water partition coefficient (Wildman–Crippen LogP) is 0.958. The third-order valence-corrected chi connectivity index (χ3v) is 2.54. The highest BCUT2D eigenvalue weighted by Gasteiger charge is 2.12. The second-order valence-corrected chi connectivity index (χ2v) is 4.10. The normalized spacial score (nSPS) is 10.6. The highest BCUT2D eigenvalue weighted by Crippen LogP contribution is 2.10. The molecule has 2 aromatic heterocycles. The maximum absolute atomic E-state index is 11.6. The van der Waals surface area contributed by atoms with E-state index in [0.29, 0.717) is 36.2 Å². The minimum Gasteiger partial charge on any atom is -0.462 e. The summed E-state index contributed by atoms with van der Waals surface area (Å²) in [5, 5.41) is 4.08. The van der Waals surface area contributed by atoms with Crippen LogP contribution < -0.4 is 5.73 Å². The van der Waals surface area contributed by atoms with E-state index in [1.165, 1.54) is 17.1 Å². The van der Waals surface area contributed by atoms with Crippen molar-refractivity contribution in [3.05, 3.63) is 29.8 Å². The zero-order valence-electron chi connectivity index (χ0n) is 11.9. The predicted molar refractivity (Wildman–Crippen MR) is 74.9 cm³/mol. The third-order valence-electron chi connectivity index (χ3n) is 2.54. The molecule has 2 rings (SSSR count). The molecule has 2 heterocycles. The van der Waals surface area contributed by atoms with Gasteiger partial charge in [-0.15, -0.1) is 0 Å². The van der Waals surface area contributed by atoms with Gasteiger partial charge in [0.05, 0.1) is 18.4 Å². The average Bonchev–Trinajstić information content (AvgIpc) is 2.95. The molecular formula is C13H17N5O3. The SMILES string of the molecule is CCOCc1nc(N)cc(-n2cc(C(=O)OCC)cn2)n1. The Morgan fingerprint density at radius 2 is 2.14 bits per heavy atom. The molecule has 0 bridgehead atoms. The summed E-state index contributed by atoms with van der Waals surface area (Å²) < 4.78 is 11.6. The first-order chi connectivity index (χ1) is 10.1. The van der Waals surface area contributed by atoms with Gasteiger partial charge < -0.3 is 15.2 Å². The van der Waals surface area contributed by atoms with E-state index >= 15 is 0 Å². The number of hydrogen-bond donors (Lipinski definition) is 1. The summed E-state index contributed by atoms with van der Waals surface area (Å²) in [4.78, 5) is 20.0. The lowest BCUT2D eigenvalue weighted by molar-refractivity contribution is 0.0526. The van der Waals surface area contributed by atoms with Gasteiger partial charge in [0.25, 0.3) is 0 Å². The van der Waals surface area contributed by atoms with Crippen molar-refractivity contribution in [2.75, 3.05) is 18.9 Å². The third kappa shape index (κ3) is 3.76. The fraction of sp³-hybridized carbons (Fsp3) is 0.385.